The van der Waals surface area contributed by atoms with Gasteiger partial charge in [0.15, 0.2) is 11.4 Å². The van der Waals surface area contributed by atoms with Crippen LogP contribution in [-0.4, -0.2) is 45.1 Å². The Hall–Kier alpha value is -7.80. The minimum absolute atomic E-state index is 0.132. The van der Waals surface area contributed by atoms with Gasteiger partial charge in [-0.1, -0.05) is 91.9 Å². The second-order valence-electron chi connectivity index (χ2n) is 17.3. The summed E-state index contributed by atoms with van der Waals surface area (Å²) in [5.41, 5.74) is 7.59. The number of nitrogens with one attached hydrogen (secondary N) is 3. The van der Waals surface area contributed by atoms with E-state index in [9.17, 15) is 35.9 Å². The van der Waals surface area contributed by atoms with Crippen molar-refractivity contribution in [3.8, 4) is 11.4 Å². The summed E-state index contributed by atoms with van der Waals surface area (Å²) in [5, 5.41) is 16.3. The summed E-state index contributed by atoms with van der Waals surface area (Å²) in [6.07, 6.45) is -1.79. The molecule has 2 aromatic heterocycles. The summed E-state index contributed by atoms with van der Waals surface area (Å²) in [4.78, 5) is 27.4. The van der Waals surface area contributed by atoms with Crippen LogP contribution in [0.5, 0.6) is 0 Å². The summed E-state index contributed by atoms with van der Waals surface area (Å²) in [6.45, 7) is 4.81. The zero-order chi connectivity index (χ0) is 51.2. The Labute approximate surface area is 411 Å². The predicted octanol–water partition coefficient (Wildman–Crippen LogP) is 12.0. The van der Waals surface area contributed by atoms with Gasteiger partial charge in [-0.25, -0.2) is 9.36 Å². The molecule has 1 aliphatic rings. The highest BCUT2D eigenvalue weighted by molar-refractivity contribution is 6.04. The third-order valence-corrected chi connectivity index (χ3v) is 12.1. The van der Waals surface area contributed by atoms with E-state index < -0.39 is 41.7 Å². The molecular formula is C54H50F6N8O4. The maximum Gasteiger partial charge on any atom is 0.435 e. The van der Waals surface area contributed by atoms with Crippen LogP contribution in [0.3, 0.4) is 0 Å². The van der Waals surface area contributed by atoms with Crippen molar-refractivity contribution in [2.75, 3.05) is 29.7 Å². The zero-order valence-electron chi connectivity index (χ0n) is 39.3. The molecule has 0 bridgehead atoms. The molecular weight excluding hydrogens is 939 g/mol. The largest absolute Gasteiger partial charge is 0.435 e. The van der Waals surface area contributed by atoms with Crippen molar-refractivity contribution in [2.45, 2.75) is 57.9 Å². The Morgan fingerprint density at radius 1 is 0.681 bits per heavy atom. The molecule has 7 aromatic rings. The summed E-state index contributed by atoms with van der Waals surface area (Å²) >= 11 is 0. The molecule has 372 valence electrons. The summed E-state index contributed by atoms with van der Waals surface area (Å²) in [7, 11) is 1.51. The van der Waals surface area contributed by atoms with E-state index in [1.165, 1.54) is 13.2 Å². The number of hydrogen-bond donors (Lipinski definition) is 4. The molecule has 3 atom stereocenters. The number of nitrogens with two attached hydrogens (primary N) is 1. The number of ether oxygens (including phenoxy) is 2. The fraction of sp³-hybridized carbons (Fsp3) is 0.222. The lowest BCUT2D eigenvalue weighted by Gasteiger charge is -2.36. The van der Waals surface area contributed by atoms with Crippen molar-refractivity contribution in [3.05, 3.63) is 208 Å². The molecule has 0 spiro atoms. The number of hydrogen-bond acceptors (Lipinski definition) is 8. The average Bonchev–Trinajstić information content (AvgIpc) is 4.04. The lowest BCUT2D eigenvalue weighted by Crippen LogP contribution is -2.26. The Balaban J connectivity index is 0.954. The molecule has 2 amide bonds. The molecule has 0 fully saturated rings. The van der Waals surface area contributed by atoms with Crippen LogP contribution in [0.1, 0.15) is 92.7 Å². The monoisotopic (exact) mass is 988 g/mol. The second kappa shape index (κ2) is 21.3. The summed E-state index contributed by atoms with van der Waals surface area (Å²) < 4.78 is 97.8. The van der Waals surface area contributed by atoms with Gasteiger partial charge in [0.05, 0.1) is 17.5 Å². The van der Waals surface area contributed by atoms with Crippen LogP contribution in [0.2, 0.25) is 0 Å². The van der Waals surface area contributed by atoms with Crippen LogP contribution < -0.4 is 21.7 Å². The number of benzene rings is 5. The average molecular weight is 989 g/mol. The third-order valence-electron chi connectivity index (χ3n) is 12.1. The summed E-state index contributed by atoms with van der Waals surface area (Å²) in [5.74, 6) is -1.62. The number of rotatable bonds is 17. The minimum Gasteiger partial charge on any atom is -0.381 e. The molecule has 72 heavy (non-hydrogen) atoms. The topological polar surface area (TPSA) is 150 Å². The van der Waals surface area contributed by atoms with Crippen molar-refractivity contribution in [1.82, 2.24) is 19.6 Å². The number of alkyl halides is 6. The Morgan fingerprint density at radius 3 is 1.75 bits per heavy atom. The molecule has 0 saturated heterocycles. The normalized spacial score (nSPS) is 15.5. The van der Waals surface area contributed by atoms with Gasteiger partial charge in [0.25, 0.3) is 11.8 Å². The highest BCUT2D eigenvalue weighted by atomic mass is 19.4. The molecule has 0 radical (unpaired) electrons. The Morgan fingerprint density at radius 2 is 1.22 bits per heavy atom. The first-order chi connectivity index (χ1) is 34.5. The molecule has 1 aliphatic carbocycles. The number of carbonyl (C=O) groups excluding carboxylic acids is 2. The van der Waals surface area contributed by atoms with Crippen LogP contribution >= 0.6 is 0 Å². The van der Waals surface area contributed by atoms with Gasteiger partial charge < -0.3 is 31.2 Å². The number of amides is 2. The molecule has 5 aromatic carbocycles. The van der Waals surface area contributed by atoms with Crippen LogP contribution in [0, 0.1) is 5.41 Å². The maximum atomic E-state index is 14.1. The van der Waals surface area contributed by atoms with Crippen molar-refractivity contribution in [3.63, 3.8) is 0 Å². The van der Waals surface area contributed by atoms with Gasteiger partial charge in [-0.15, -0.1) is 0 Å². The van der Waals surface area contributed by atoms with E-state index >= 15 is 0 Å². The lowest BCUT2D eigenvalue weighted by molar-refractivity contribution is -0.142. The van der Waals surface area contributed by atoms with Gasteiger partial charge in [0.1, 0.15) is 17.5 Å². The first-order valence-electron chi connectivity index (χ1n) is 22.8. The van der Waals surface area contributed by atoms with E-state index in [1.54, 1.807) is 84.9 Å². The molecule has 18 heteroatoms. The number of halogens is 6. The van der Waals surface area contributed by atoms with Crippen molar-refractivity contribution < 1.29 is 45.4 Å². The number of anilines is 3. The zero-order valence-corrected chi connectivity index (χ0v) is 39.3. The molecule has 3 unspecified atom stereocenters. The first kappa shape index (κ1) is 50.6. The number of methoxy groups -OCH3 is 1. The van der Waals surface area contributed by atoms with Gasteiger partial charge >= 0.3 is 12.4 Å². The Bertz CT molecular complexity index is 3120. The minimum atomic E-state index is -4.83. The van der Waals surface area contributed by atoms with E-state index in [0.29, 0.717) is 46.4 Å². The van der Waals surface area contributed by atoms with E-state index in [-0.39, 0.29) is 47.4 Å². The lowest BCUT2D eigenvalue weighted by atomic mass is 9.75. The molecule has 0 aliphatic heterocycles. The fourth-order valence-corrected chi connectivity index (χ4v) is 8.54. The van der Waals surface area contributed by atoms with E-state index in [4.69, 9.17) is 15.2 Å². The summed E-state index contributed by atoms with van der Waals surface area (Å²) in [6, 6.07) is 35.6. The number of aromatic nitrogens is 4. The van der Waals surface area contributed by atoms with E-state index in [2.05, 4.69) is 45.2 Å². The number of carbonyl (C=O) groups is 2. The molecule has 5 N–H and O–H groups in total. The van der Waals surface area contributed by atoms with Gasteiger partial charge in [-0.3, -0.25) is 9.59 Å². The van der Waals surface area contributed by atoms with E-state index in [1.807, 2.05) is 49.4 Å². The number of allylic oxidation sites excluding steroid dienone is 3. The van der Waals surface area contributed by atoms with Gasteiger partial charge in [0.2, 0.25) is 0 Å². The van der Waals surface area contributed by atoms with Crippen LogP contribution in [-0.2, 0) is 34.9 Å². The van der Waals surface area contributed by atoms with Gasteiger partial charge in [0, 0.05) is 61.4 Å². The van der Waals surface area contributed by atoms with Crippen LogP contribution in [0.4, 0.5) is 43.4 Å². The fourth-order valence-electron chi connectivity index (χ4n) is 8.54. The highest BCUT2D eigenvalue weighted by Gasteiger charge is 2.38. The molecule has 2 heterocycles. The molecule has 12 nitrogen and oxygen atoms in total. The standard InChI is InChI=1S/C54H50F6N8O4/c1-4-72-49(52(2)24-6-5-7-25-52)38-15-11-17-41(29-38)64-51(70)45-31-47(54(58,59)60)66-68(45)43-19-9-13-35(27-43)33-62-39-22-20-36(21-23-39)48(71-3)37-14-10-16-40(28-37)63-50(69)44-30-46(53(55,56)57)65-67(44)42-18-8-12-34(26-42)32-61/h5-24,26-31,48-49,62H,4,25,32-33,61H2,1-3H3,(H,63,69)(H,64,70). The third kappa shape index (κ3) is 11.5. The van der Waals surface area contributed by atoms with Crippen molar-refractivity contribution >= 4 is 28.9 Å². The smallest absolute Gasteiger partial charge is 0.381 e. The first-order valence-corrected chi connectivity index (χ1v) is 22.8. The SMILES string of the molecule is CCOC(c1cccc(NC(=O)c2cc(C(F)(F)F)nn2-c2cccc(CNc3ccc(C(OC)c4cccc(NC(=O)c5cc(C(F)(F)F)nn5-c5cccc(CN)c5)c4)cc3)c2)c1)C1(C)C=CC=CC1. The van der Waals surface area contributed by atoms with Crippen LogP contribution in [0.25, 0.3) is 11.4 Å². The predicted molar refractivity (Wildman–Crippen MR) is 262 cm³/mol. The van der Waals surface area contributed by atoms with Crippen molar-refractivity contribution in [1.29, 1.82) is 0 Å². The highest BCUT2D eigenvalue weighted by Crippen LogP contribution is 2.43. The maximum absolute atomic E-state index is 14.1. The van der Waals surface area contributed by atoms with Gasteiger partial charge in [-0.05, 0) is 102 Å². The number of nitrogens with zero attached hydrogens (tertiary/aromatic N) is 4. The quantitative estimate of drug-likeness (QED) is 0.0659. The van der Waals surface area contributed by atoms with Crippen LogP contribution in [0.15, 0.2) is 158 Å². The molecule has 8 rings (SSSR count). The van der Waals surface area contributed by atoms with E-state index in [0.717, 1.165) is 33.0 Å². The van der Waals surface area contributed by atoms with Crippen molar-refractivity contribution in [2.24, 2.45) is 11.1 Å². The Kier molecular flexibility index (Phi) is 14.9. The second-order valence-corrected chi connectivity index (χ2v) is 17.3. The molecule has 0 saturated carbocycles. The van der Waals surface area contributed by atoms with Gasteiger partial charge in [-0.2, -0.15) is 36.5 Å².